The molecule has 2 amide bonds. The van der Waals surface area contributed by atoms with E-state index in [0.717, 1.165) is 37.3 Å². The highest BCUT2D eigenvalue weighted by Gasteiger charge is 2.31. The van der Waals surface area contributed by atoms with E-state index < -0.39 is 0 Å². The van der Waals surface area contributed by atoms with E-state index in [2.05, 4.69) is 26.7 Å². The summed E-state index contributed by atoms with van der Waals surface area (Å²) in [6, 6.07) is 7.98. The fourth-order valence-electron chi connectivity index (χ4n) is 3.82. The number of carbonyl (C=O) groups excluding carboxylic acids is 2. The van der Waals surface area contributed by atoms with Crippen molar-refractivity contribution in [2.24, 2.45) is 0 Å². The molecular formula is C21H25N5O2. The number of benzene rings is 1. The van der Waals surface area contributed by atoms with Crippen LogP contribution in [0.25, 0.3) is 0 Å². The maximum absolute atomic E-state index is 12.8. The molecule has 0 bridgehead atoms. The number of hydrogen-bond donors (Lipinski definition) is 1. The summed E-state index contributed by atoms with van der Waals surface area (Å²) in [6.07, 6.45) is 7.59. The molecule has 1 saturated carbocycles. The van der Waals surface area contributed by atoms with Crippen LogP contribution in [0.1, 0.15) is 49.0 Å². The van der Waals surface area contributed by atoms with E-state index in [4.69, 9.17) is 0 Å². The third kappa shape index (κ3) is 3.98. The Morgan fingerprint density at radius 3 is 2.64 bits per heavy atom. The van der Waals surface area contributed by atoms with Gasteiger partial charge < -0.3 is 14.8 Å². The SMILES string of the molecule is C=CC(=O)Nc1ccccc1CC(=O)N1CCC(c2nncn2C2CC2)CC1. The number of para-hydroxylation sites is 1. The Morgan fingerprint density at radius 2 is 1.93 bits per heavy atom. The van der Waals surface area contributed by atoms with Gasteiger partial charge in [0.15, 0.2) is 0 Å². The summed E-state index contributed by atoms with van der Waals surface area (Å²) in [5, 5.41) is 11.2. The molecule has 1 N–H and O–H groups in total. The zero-order chi connectivity index (χ0) is 19.5. The fraction of sp³-hybridized carbons (Fsp3) is 0.429. The first-order valence-corrected chi connectivity index (χ1v) is 9.84. The molecule has 2 aliphatic rings. The van der Waals surface area contributed by atoms with E-state index in [1.807, 2.05) is 29.4 Å². The predicted molar refractivity (Wildman–Crippen MR) is 106 cm³/mol. The molecule has 146 valence electrons. The molecule has 0 spiro atoms. The van der Waals surface area contributed by atoms with Crippen LogP contribution in [0.15, 0.2) is 43.2 Å². The van der Waals surface area contributed by atoms with Gasteiger partial charge in [0.1, 0.15) is 12.2 Å². The lowest BCUT2D eigenvalue weighted by atomic mass is 9.95. The lowest BCUT2D eigenvalue weighted by Gasteiger charge is -2.32. The van der Waals surface area contributed by atoms with Crippen LogP contribution >= 0.6 is 0 Å². The number of piperidine rings is 1. The van der Waals surface area contributed by atoms with Crippen molar-refractivity contribution >= 4 is 17.5 Å². The Balaban J connectivity index is 1.36. The number of rotatable bonds is 6. The van der Waals surface area contributed by atoms with E-state index in [1.165, 1.54) is 18.9 Å². The molecular weight excluding hydrogens is 354 g/mol. The van der Waals surface area contributed by atoms with Gasteiger partial charge in [0.25, 0.3) is 0 Å². The Morgan fingerprint density at radius 1 is 1.18 bits per heavy atom. The quantitative estimate of drug-likeness (QED) is 0.783. The molecule has 2 fully saturated rings. The maximum atomic E-state index is 12.8. The van der Waals surface area contributed by atoms with E-state index in [9.17, 15) is 9.59 Å². The summed E-state index contributed by atoms with van der Waals surface area (Å²) in [6.45, 7) is 4.92. The molecule has 1 aromatic heterocycles. The zero-order valence-electron chi connectivity index (χ0n) is 15.9. The van der Waals surface area contributed by atoms with E-state index in [1.54, 1.807) is 6.07 Å². The summed E-state index contributed by atoms with van der Waals surface area (Å²) in [5.41, 5.74) is 1.48. The van der Waals surface area contributed by atoms with Crippen molar-refractivity contribution in [2.45, 2.75) is 44.1 Å². The van der Waals surface area contributed by atoms with Gasteiger partial charge >= 0.3 is 0 Å². The van der Waals surface area contributed by atoms with Crippen molar-refractivity contribution in [1.29, 1.82) is 0 Å². The molecule has 0 unspecified atom stereocenters. The first kappa shape index (κ1) is 18.4. The number of nitrogens with zero attached hydrogens (tertiary/aromatic N) is 4. The molecule has 0 radical (unpaired) electrons. The fourth-order valence-corrected chi connectivity index (χ4v) is 3.82. The molecule has 0 atom stereocenters. The van der Waals surface area contributed by atoms with E-state index in [0.29, 0.717) is 17.6 Å². The summed E-state index contributed by atoms with van der Waals surface area (Å²) >= 11 is 0. The van der Waals surface area contributed by atoms with Crippen LogP contribution in [0, 0.1) is 0 Å². The third-order valence-corrected chi connectivity index (χ3v) is 5.56. The van der Waals surface area contributed by atoms with Gasteiger partial charge in [-0.3, -0.25) is 9.59 Å². The monoisotopic (exact) mass is 379 g/mol. The standard InChI is InChI=1S/C21H25N5O2/c1-2-19(27)23-18-6-4-3-5-16(18)13-20(28)25-11-9-15(10-12-25)21-24-22-14-26(21)17-7-8-17/h2-6,14-15,17H,1,7-13H2,(H,23,27). The van der Waals surface area contributed by atoms with E-state index in [-0.39, 0.29) is 18.2 Å². The van der Waals surface area contributed by atoms with Gasteiger partial charge in [-0.2, -0.15) is 0 Å². The number of aromatic nitrogens is 3. The molecule has 2 heterocycles. The van der Waals surface area contributed by atoms with Crippen LogP contribution in [-0.4, -0.2) is 44.6 Å². The Kier molecular flexibility index (Phi) is 5.23. The number of carbonyl (C=O) groups is 2. The summed E-state index contributed by atoms with van der Waals surface area (Å²) < 4.78 is 2.22. The Labute approximate surface area is 164 Å². The average Bonchev–Trinajstić information content (AvgIpc) is 3.45. The highest BCUT2D eigenvalue weighted by atomic mass is 16.2. The van der Waals surface area contributed by atoms with Crippen molar-refractivity contribution < 1.29 is 9.59 Å². The summed E-state index contributed by atoms with van der Waals surface area (Å²) in [5.74, 6) is 1.25. The topological polar surface area (TPSA) is 80.1 Å². The highest BCUT2D eigenvalue weighted by Crippen LogP contribution is 2.38. The summed E-state index contributed by atoms with van der Waals surface area (Å²) in [7, 11) is 0. The molecule has 7 heteroatoms. The lowest BCUT2D eigenvalue weighted by molar-refractivity contribution is -0.131. The second-order valence-electron chi connectivity index (χ2n) is 7.51. The minimum absolute atomic E-state index is 0.0856. The van der Waals surface area contributed by atoms with Crippen molar-refractivity contribution in [3.05, 3.63) is 54.6 Å². The van der Waals surface area contributed by atoms with Gasteiger partial charge in [-0.05, 0) is 43.4 Å². The maximum Gasteiger partial charge on any atom is 0.247 e. The van der Waals surface area contributed by atoms with Crippen molar-refractivity contribution in [2.75, 3.05) is 18.4 Å². The minimum Gasteiger partial charge on any atom is -0.342 e. The van der Waals surface area contributed by atoms with Crippen LogP contribution < -0.4 is 5.32 Å². The number of likely N-dealkylation sites (tertiary alicyclic amines) is 1. The van der Waals surface area contributed by atoms with Crippen LogP contribution in [-0.2, 0) is 16.0 Å². The van der Waals surface area contributed by atoms with Gasteiger partial charge in [0.05, 0.1) is 6.42 Å². The first-order chi connectivity index (χ1) is 13.7. The molecule has 2 aromatic rings. The van der Waals surface area contributed by atoms with Crippen molar-refractivity contribution in [3.8, 4) is 0 Å². The molecule has 4 rings (SSSR count). The number of nitrogens with one attached hydrogen (secondary N) is 1. The van der Waals surface area contributed by atoms with Crippen LogP contribution in [0.5, 0.6) is 0 Å². The first-order valence-electron chi connectivity index (χ1n) is 9.84. The summed E-state index contributed by atoms with van der Waals surface area (Å²) in [4.78, 5) is 26.3. The van der Waals surface area contributed by atoms with Crippen LogP contribution in [0.3, 0.4) is 0 Å². The molecule has 1 aliphatic heterocycles. The smallest absolute Gasteiger partial charge is 0.247 e. The van der Waals surface area contributed by atoms with Gasteiger partial charge in [-0.15, -0.1) is 10.2 Å². The minimum atomic E-state index is -0.277. The molecule has 1 aromatic carbocycles. The van der Waals surface area contributed by atoms with E-state index >= 15 is 0 Å². The second-order valence-corrected chi connectivity index (χ2v) is 7.51. The molecule has 1 saturated heterocycles. The zero-order valence-corrected chi connectivity index (χ0v) is 15.9. The number of hydrogen-bond acceptors (Lipinski definition) is 4. The van der Waals surface area contributed by atoms with Crippen molar-refractivity contribution in [1.82, 2.24) is 19.7 Å². The third-order valence-electron chi connectivity index (χ3n) is 5.56. The normalized spacial score (nSPS) is 17.4. The molecule has 1 aliphatic carbocycles. The van der Waals surface area contributed by atoms with Crippen LogP contribution in [0.2, 0.25) is 0 Å². The molecule has 7 nitrogen and oxygen atoms in total. The number of anilines is 1. The van der Waals surface area contributed by atoms with Gasteiger partial charge in [0.2, 0.25) is 11.8 Å². The second kappa shape index (κ2) is 7.96. The predicted octanol–water partition coefficient (Wildman–Crippen LogP) is 2.69. The number of amides is 2. The molecule has 28 heavy (non-hydrogen) atoms. The average molecular weight is 379 g/mol. The van der Waals surface area contributed by atoms with Crippen molar-refractivity contribution in [3.63, 3.8) is 0 Å². The van der Waals surface area contributed by atoms with Gasteiger partial charge in [0, 0.05) is 30.7 Å². The van der Waals surface area contributed by atoms with Gasteiger partial charge in [-0.1, -0.05) is 24.8 Å². The van der Waals surface area contributed by atoms with Crippen LogP contribution in [0.4, 0.5) is 5.69 Å². The Hall–Kier alpha value is -2.96. The largest absolute Gasteiger partial charge is 0.342 e. The highest BCUT2D eigenvalue weighted by molar-refractivity contribution is 5.99. The Bertz CT molecular complexity index is 878. The van der Waals surface area contributed by atoms with Gasteiger partial charge in [-0.25, -0.2) is 0 Å². The lowest BCUT2D eigenvalue weighted by Crippen LogP contribution is -2.39.